The minimum Gasteiger partial charge on any atom is -0.510 e. The van der Waals surface area contributed by atoms with Crippen LogP contribution in [0.1, 0.15) is 117 Å². The molecule has 0 saturated carbocycles. The van der Waals surface area contributed by atoms with E-state index in [0.717, 1.165) is 27.4 Å². The van der Waals surface area contributed by atoms with Gasteiger partial charge in [0, 0.05) is 44.3 Å². The van der Waals surface area contributed by atoms with Crippen LogP contribution in [0.5, 0.6) is 11.5 Å². The van der Waals surface area contributed by atoms with E-state index < -0.39 is 242 Å². The number of ether oxygens (including phenoxy) is 1. The number of benzene rings is 12. The predicted octanol–water partition coefficient (Wildman–Crippen LogP) is 19.5. The van der Waals surface area contributed by atoms with Crippen LogP contribution >= 0.6 is 0 Å². The number of para-hydroxylation sites is 1. The zero-order chi connectivity index (χ0) is 90.3. The van der Waals surface area contributed by atoms with Crippen molar-refractivity contribution in [1.82, 2.24) is 14.1 Å². The monoisotopic (exact) mass is 1480 g/mol. The molecular weight excluding hydrogens is 1380 g/mol. The normalized spacial score (nSPS) is 16.1. The van der Waals surface area contributed by atoms with Crippen LogP contribution in [0.25, 0.3) is 94.5 Å². The van der Waals surface area contributed by atoms with Gasteiger partial charge in [-0.1, -0.05) is 286 Å². The van der Waals surface area contributed by atoms with E-state index in [-0.39, 0.29) is 65.7 Å². The Labute approximate surface area is 625 Å². The number of hydrogen-bond donors (Lipinski definition) is 0. The van der Waals surface area contributed by atoms with E-state index in [1.165, 1.54) is 21.3 Å². The molecule has 0 spiro atoms. The molecule has 0 N–H and O–H groups in total. The third kappa shape index (κ3) is 12.1. The van der Waals surface area contributed by atoms with Gasteiger partial charge in [0.1, 0.15) is 5.82 Å². The molecule has 0 unspecified atom stereocenters. The molecule has 97 heavy (non-hydrogen) atoms. The first-order valence-electron chi connectivity index (χ1n) is 45.0. The van der Waals surface area contributed by atoms with Crippen LogP contribution in [0.3, 0.4) is 0 Å². The van der Waals surface area contributed by atoms with Crippen LogP contribution in [0.15, 0.2) is 297 Å². The molecule has 0 fully saturated rings. The fourth-order valence-electron chi connectivity index (χ4n) is 12.2. The molecule has 15 rings (SSSR count). The van der Waals surface area contributed by atoms with Gasteiger partial charge >= 0.3 is 0 Å². The minimum atomic E-state index is -6.57. The van der Waals surface area contributed by atoms with Gasteiger partial charge in [0.15, 0.2) is 8.07 Å². The van der Waals surface area contributed by atoms with Crippen molar-refractivity contribution in [3.05, 3.63) is 332 Å². The average molecular weight is 1480 g/mol. The molecule has 0 aliphatic heterocycles. The van der Waals surface area contributed by atoms with E-state index in [0.29, 0.717) is 22.5 Å². The molecule has 478 valence electrons. The first kappa shape index (κ1) is 39.1. The van der Waals surface area contributed by atoms with Gasteiger partial charge in [-0.2, -0.15) is 18.2 Å². The van der Waals surface area contributed by atoms with Crippen molar-refractivity contribution >= 4 is 61.7 Å². The van der Waals surface area contributed by atoms with Crippen molar-refractivity contribution < 1.29 is 68.8 Å². The first-order valence-corrected chi connectivity index (χ1v) is 33.0. The molecule has 0 aliphatic carbocycles. The topological polar surface area (TPSA) is 35.9 Å². The van der Waals surface area contributed by atoms with E-state index in [4.69, 9.17) is 17.9 Å². The van der Waals surface area contributed by atoms with Crippen molar-refractivity contribution in [2.75, 3.05) is 0 Å². The Morgan fingerprint density at radius 3 is 1.58 bits per heavy atom. The maximum absolute atomic E-state index is 11.0. The SMILES string of the molecule is [2H]c1c([2H])c([2H])c(-c2c([2H])c(-c3cc(C(C)(C)C)cc([Si](c4c([2H])c([2H])c([2H])c([2H])c4[2H])(c4c([2H])c([2H])c([2H])c([2H])c4[2H])c4c([2H])c([2H])c([2H])c([2H])c4[2H])c3-[n+]3[c-]n(-c4[c-]c(Oc5[c-]c6c(cc5)c5ccccc5n6-c5cc(C(C)(C)C)ccn5)ccc4)c4cc(-c5ccc(C(C)(C)C)cc5)ccc43)c([2H])c(-c3c([2H])c([2H])c([2H])c([2H])c3[2H])c2[2H])c([2H])c1[2H].[Pt]. The summed E-state index contributed by atoms with van der Waals surface area (Å²) in [7, 11) is -6.57. The Hall–Kier alpha value is -10.2. The largest absolute Gasteiger partial charge is 0.510 e. The summed E-state index contributed by atoms with van der Waals surface area (Å²) in [5, 5.41) is -1.80. The number of fused-ring (bicyclic) bond motifs is 4. The number of rotatable bonds is 13. The van der Waals surface area contributed by atoms with E-state index in [1.54, 1.807) is 69.4 Å². The fraction of sp³-hybridized carbons (Fsp3) is 0.133. The Morgan fingerprint density at radius 1 is 0.443 bits per heavy atom. The molecule has 0 amide bonds. The van der Waals surface area contributed by atoms with E-state index in [2.05, 4.69) is 39.2 Å². The molecule has 0 saturated heterocycles. The van der Waals surface area contributed by atoms with Gasteiger partial charge in [0.2, 0.25) is 0 Å². The molecular formula is C90H76N4OPtSi-2. The first-order chi connectivity index (χ1) is 58.1. The molecule has 12 aromatic carbocycles. The summed E-state index contributed by atoms with van der Waals surface area (Å²) in [6, 6.07) is 12.7. The van der Waals surface area contributed by atoms with E-state index in [9.17, 15) is 30.2 Å². The molecule has 5 nitrogen and oxygen atoms in total. The van der Waals surface area contributed by atoms with Crippen LogP contribution < -0.4 is 30.1 Å². The van der Waals surface area contributed by atoms with Crippen LogP contribution in [0, 0.1) is 18.5 Å². The molecule has 0 radical (unpaired) electrons. The summed E-state index contributed by atoms with van der Waals surface area (Å²) in [6.07, 6.45) is 5.23. The summed E-state index contributed by atoms with van der Waals surface area (Å²) >= 11 is 0. The maximum atomic E-state index is 11.0. The van der Waals surface area contributed by atoms with Crippen molar-refractivity contribution in [3.8, 4) is 73.2 Å². The van der Waals surface area contributed by atoms with Crippen molar-refractivity contribution in [2.45, 2.75) is 78.6 Å². The molecule has 3 heterocycles. The van der Waals surface area contributed by atoms with Gasteiger partial charge in [-0.25, -0.2) is 4.98 Å². The smallest absolute Gasteiger partial charge is 0.268 e. The molecule has 15 aromatic rings. The molecule has 3 aromatic heterocycles. The number of pyridine rings is 1. The average Bonchev–Trinajstić information content (AvgIpc) is 1.07. The number of imidazole rings is 1. The summed E-state index contributed by atoms with van der Waals surface area (Å²) in [4.78, 5) is 4.86. The summed E-state index contributed by atoms with van der Waals surface area (Å²) in [6.45, 7) is 17.4. The van der Waals surface area contributed by atoms with Crippen molar-refractivity contribution in [1.29, 1.82) is 0 Å². The van der Waals surface area contributed by atoms with Crippen molar-refractivity contribution in [3.63, 3.8) is 0 Å². The number of nitrogens with zero attached hydrogens (tertiary/aromatic N) is 4. The van der Waals surface area contributed by atoms with Crippen LogP contribution in [-0.2, 0) is 37.3 Å². The Kier molecular flexibility index (Phi) is 10.4. The number of aromatic nitrogens is 4. The van der Waals surface area contributed by atoms with E-state index in [1.807, 2.05) is 92.1 Å². The third-order valence-corrected chi connectivity index (χ3v) is 21.3. The second kappa shape index (κ2) is 25.7. The van der Waals surface area contributed by atoms with Gasteiger partial charge in [-0.3, -0.25) is 4.57 Å². The molecule has 0 bridgehead atoms. The standard InChI is InChI=1S/C90H76N4OSi.Pt/c1-88(2,3)69-45-42-64(43-46-69)65-44-49-82-84(55-65)92(72-32-27-33-73(59-72)95-74-47-48-79-78-40-25-26-41-81(78)94(83(79)60-74)86-58-70(50-51-91-86)89(4,5)6)61-93(82)87-80(68-53-66(62-28-15-10-16-29-62)52-67(54-68)63-30-17-11-18-31-63)56-71(90(7,8)9)57-85(87)96(75-34-19-12-20-35-75,76-36-21-13-22-37-76)77-38-23-14-24-39-77;/h10-58H,1-9H3;/q-2;/i10D,11D,12D,13D,14D,15D,16D,17D,18D,19D,20D,21D,22D,23D,24D,28D,29D,30D,31D,34D,35D,36D,37D,38D,39D,52D,53D,54D;. The van der Waals surface area contributed by atoms with Gasteiger partial charge in [-0.15, -0.1) is 29.7 Å². The van der Waals surface area contributed by atoms with Gasteiger partial charge in [-0.05, 0) is 152 Å². The zero-order valence-corrected chi connectivity index (χ0v) is 57.4. The maximum Gasteiger partial charge on any atom is 0.268 e. The molecule has 7 heteroatoms. The Balaban J connectivity index is 0.0000127. The number of hydrogen-bond acceptors (Lipinski definition) is 2. The van der Waals surface area contributed by atoms with Gasteiger partial charge < -0.3 is 13.9 Å². The summed E-state index contributed by atoms with van der Waals surface area (Å²) in [5.74, 6) is 0.885. The zero-order valence-electron chi connectivity index (χ0n) is 82.1. The Bertz CT molecular complexity index is 6740. The second-order valence-corrected chi connectivity index (χ2v) is 29.9. The summed E-state index contributed by atoms with van der Waals surface area (Å²) in [5.41, 5.74) is -2.63. The van der Waals surface area contributed by atoms with Gasteiger partial charge in [0.05, 0.1) is 55.1 Å². The Morgan fingerprint density at radius 2 is 0.990 bits per heavy atom. The van der Waals surface area contributed by atoms with Crippen LogP contribution in [-0.4, -0.2) is 22.2 Å². The minimum absolute atomic E-state index is 0. The van der Waals surface area contributed by atoms with Crippen molar-refractivity contribution in [2.24, 2.45) is 0 Å². The predicted molar refractivity (Wildman–Crippen MR) is 401 cm³/mol. The second-order valence-electron chi connectivity index (χ2n) is 26.3. The van der Waals surface area contributed by atoms with Crippen LogP contribution in [0.2, 0.25) is 0 Å². The fourth-order valence-corrected chi connectivity index (χ4v) is 16.2. The van der Waals surface area contributed by atoms with E-state index >= 15 is 0 Å². The summed E-state index contributed by atoms with van der Waals surface area (Å²) < 4.78 is 284. The molecule has 0 aliphatic rings. The third-order valence-electron chi connectivity index (χ3n) is 17.1. The van der Waals surface area contributed by atoms with Crippen LogP contribution in [0.4, 0.5) is 0 Å². The quantitative estimate of drug-likeness (QED) is 0.0499. The molecule has 0 atom stereocenters. The van der Waals surface area contributed by atoms with Gasteiger partial charge in [0.25, 0.3) is 6.33 Å².